The average molecular weight is 214 g/mol. The molecule has 0 unspecified atom stereocenters. The Morgan fingerprint density at radius 2 is 1.94 bits per heavy atom. The zero-order chi connectivity index (χ0) is 11.4. The van der Waals surface area contributed by atoms with Crippen LogP contribution >= 0.6 is 0 Å². The minimum atomic E-state index is -0.279. The third-order valence-corrected chi connectivity index (χ3v) is 1.95. The van der Waals surface area contributed by atoms with Crippen molar-refractivity contribution in [2.45, 2.75) is 6.92 Å². The van der Waals surface area contributed by atoms with Crippen molar-refractivity contribution in [1.82, 2.24) is 15.0 Å². The predicted molar refractivity (Wildman–Crippen MR) is 59.0 cm³/mol. The van der Waals surface area contributed by atoms with Gasteiger partial charge in [0.05, 0.1) is 11.9 Å². The van der Waals surface area contributed by atoms with Gasteiger partial charge in [-0.15, -0.1) is 0 Å². The van der Waals surface area contributed by atoms with Crippen LogP contribution in [0.15, 0.2) is 36.9 Å². The van der Waals surface area contributed by atoms with Crippen LogP contribution < -0.4 is 5.32 Å². The summed E-state index contributed by atoms with van der Waals surface area (Å²) in [5, 5.41) is 2.70. The SMILES string of the molecule is Cc1cnc(C(=O)Nc2ccncc2)cn1. The highest BCUT2D eigenvalue weighted by Crippen LogP contribution is 2.05. The maximum atomic E-state index is 11.7. The number of rotatable bonds is 2. The van der Waals surface area contributed by atoms with E-state index < -0.39 is 0 Å². The molecule has 5 nitrogen and oxygen atoms in total. The number of amides is 1. The number of anilines is 1. The molecular formula is C11H10N4O. The molecule has 0 spiro atoms. The molecule has 0 aromatic carbocycles. The van der Waals surface area contributed by atoms with E-state index in [1.807, 2.05) is 6.92 Å². The van der Waals surface area contributed by atoms with Crippen molar-refractivity contribution in [3.63, 3.8) is 0 Å². The van der Waals surface area contributed by atoms with Crippen LogP contribution in [0.2, 0.25) is 0 Å². The van der Waals surface area contributed by atoms with E-state index in [1.165, 1.54) is 6.20 Å². The van der Waals surface area contributed by atoms with Crippen molar-refractivity contribution in [3.8, 4) is 0 Å². The van der Waals surface area contributed by atoms with Gasteiger partial charge in [-0.3, -0.25) is 14.8 Å². The third kappa shape index (κ3) is 2.38. The number of carbonyl (C=O) groups is 1. The smallest absolute Gasteiger partial charge is 0.275 e. The van der Waals surface area contributed by atoms with Gasteiger partial charge in [-0.1, -0.05) is 0 Å². The average Bonchev–Trinajstić information content (AvgIpc) is 2.31. The molecule has 0 fully saturated rings. The fourth-order valence-electron chi connectivity index (χ4n) is 1.14. The zero-order valence-corrected chi connectivity index (χ0v) is 8.71. The summed E-state index contributed by atoms with van der Waals surface area (Å²) in [4.78, 5) is 23.5. The Kier molecular flexibility index (Phi) is 2.86. The standard InChI is InChI=1S/C11H10N4O/c1-8-6-14-10(7-13-8)11(16)15-9-2-4-12-5-3-9/h2-7H,1H3,(H,12,15,16). The van der Waals surface area contributed by atoms with Crippen molar-refractivity contribution in [2.75, 3.05) is 5.32 Å². The van der Waals surface area contributed by atoms with E-state index >= 15 is 0 Å². The highest BCUT2D eigenvalue weighted by Gasteiger charge is 2.07. The minimum Gasteiger partial charge on any atom is -0.320 e. The van der Waals surface area contributed by atoms with E-state index in [1.54, 1.807) is 30.7 Å². The van der Waals surface area contributed by atoms with E-state index in [9.17, 15) is 4.79 Å². The van der Waals surface area contributed by atoms with Crippen molar-refractivity contribution < 1.29 is 4.79 Å². The summed E-state index contributed by atoms with van der Waals surface area (Å²) < 4.78 is 0. The van der Waals surface area contributed by atoms with E-state index in [4.69, 9.17) is 0 Å². The van der Waals surface area contributed by atoms with Crippen LogP contribution in [0.5, 0.6) is 0 Å². The molecule has 1 N–H and O–H groups in total. The molecule has 2 heterocycles. The summed E-state index contributed by atoms with van der Waals surface area (Å²) in [6, 6.07) is 3.42. The number of aromatic nitrogens is 3. The van der Waals surface area contributed by atoms with Crippen LogP contribution in [0.1, 0.15) is 16.2 Å². The van der Waals surface area contributed by atoms with Crippen molar-refractivity contribution in [1.29, 1.82) is 0 Å². The van der Waals surface area contributed by atoms with Gasteiger partial charge in [0, 0.05) is 24.3 Å². The molecule has 0 atom stereocenters. The largest absolute Gasteiger partial charge is 0.320 e. The molecular weight excluding hydrogens is 204 g/mol. The van der Waals surface area contributed by atoms with Crippen LogP contribution in [0.3, 0.4) is 0 Å². The third-order valence-electron chi connectivity index (χ3n) is 1.95. The van der Waals surface area contributed by atoms with Crippen LogP contribution in [0, 0.1) is 6.92 Å². The lowest BCUT2D eigenvalue weighted by Gasteiger charge is -2.03. The second kappa shape index (κ2) is 4.48. The summed E-state index contributed by atoms with van der Waals surface area (Å²) in [6.07, 6.45) is 6.22. The fraction of sp³-hybridized carbons (Fsp3) is 0.0909. The molecule has 0 saturated carbocycles. The Balaban J connectivity index is 2.12. The van der Waals surface area contributed by atoms with Crippen LogP contribution in [-0.2, 0) is 0 Å². The number of carbonyl (C=O) groups excluding carboxylic acids is 1. The number of pyridine rings is 1. The Labute approximate surface area is 92.6 Å². The highest BCUT2D eigenvalue weighted by molar-refractivity contribution is 6.02. The summed E-state index contributed by atoms with van der Waals surface area (Å²) in [5.74, 6) is -0.279. The van der Waals surface area contributed by atoms with Gasteiger partial charge in [0.2, 0.25) is 0 Å². The Morgan fingerprint density at radius 1 is 1.19 bits per heavy atom. The van der Waals surface area contributed by atoms with Gasteiger partial charge in [-0.05, 0) is 19.1 Å². The molecule has 2 aromatic rings. The van der Waals surface area contributed by atoms with Crippen LogP contribution in [0.25, 0.3) is 0 Å². The predicted octanol–water partition coefficient (Wildman–Crippen LogP) is 1.43. The first kappa shape index (κ1) is 10.2. The Bertz CT molecular complexity index is 481. The molecule has 0 bridgehead atoms. The molecule has 0 saturated heterocycles. The first-order valence-corrected chi connectivity index (χ1v) is 4.76. The molecule has 0 aliphatic carbocycles. The number of hydrogen-bond donors (Lipinski definition) is 1. The Morgan fingerprint density at radius 3 is 2.56 bits per heavy atom. The number of nitrogens with one attached hydrogen (secondary N) is 1. The first-order chi connectivity index (χ1) is 7.75. The molecule has 16 heavy (non-hydrogen) atoms. The summed E-state index contributed by atoms with van der Waals surface area (Å²) in [6.45, 7) is 1.82. The maximum Gasteiger partial charge on any atom is 0.275 e. The van der Waals surface area contributed by atoms with Gasteiger partial charge in [0.15, 0.2) is 0 Å². The quantitative estimate of drug-likeness (QED) is 0.821. The summed E-state index contributed by atoms with van der Waals surface area (Å²) in [5.41, 5.74) is 1.75. The van der Waals surface area contributed by atoms with E-state index in [0.717, 1.165) is 5.69 Å². The highest BCUT2D eigenvalue weighted by atomic mass is 16.1. The molecule has 0 aliphatic heterocycles. The summed E-state index contributed by atoms with van der Waals surface area (Å²) in [7, 11) is 0. The molecule has 80 valence electrons. The normalized spacial score (nSPS) is 9.81. The lowest BCUT2D eigenvalue weighted by Crippen LogP contribution is -2.14. The lowest BCUT2D eigenvalue weighted by atomic mass is 10.3. The number of aryl methyl sites for hydroxylation is 1. The van der Waals surface area contributed by atoms with Crippen molar-refractivity contribution in [3.05, 3.63) is 48.3 Å². The van der Waals surface area contributed by atoms with Gasteiger partial charge in [0.25, 0.3) is 5.91 Å². The van der Waals surface area contributed by atoms with Gasteiger partial charge in [0.1, 0.15) is 5.69 Å². The second-order valence-corrected chi connectivity index (χ2v) is 3.23. The van der Waals surface area contributed by atoms with Crippen molar-refractivity contribution in [2.24, 2.45) is 0 Å². The summed E-state index contributed by atoms with van der Waals surface area (Å²) >= 11 is 0. The lowest BCUT2D eigenvalue weighted by molar-refractivity contribution is 0.102. The Hall–Kier alpha value is -2.30. The van der Waals surface area contributed by atoms with Crippen molar-refractivity contribution >= 4 is 11.6 Å². The van der Waals surface area contributed by atoms with Crippen LogP contribution in [0.4, 0.5) is 5.69 Å². The molecule has 0 aliphatic rings. The fourth-order valence-corrected chi connectivity index (χ4v) is 1.14. The van der Waals surface area contributed by atoms with Gasteiger partial charge >= 0.3 is 0 Å². The van der Waals surface area contributed by atoms with Gasteiger partial charge < -0.3 is 5.32 Å². The van der Waals surface area contributed by atoms with E-state index in [-0.39, 0.29) is 5.91 Å². The monoisotopic (exact) mass is 214 g/mol. The molecule has 0 radical (unpaired) electrons. The second-order valence-electron chi connectivity index (χ2n) is 3.23. The first-order valence-electron chi connectivity index (χ1n) is 4.76. The maximum absolute atomic E-state index is 11.7. The van der Waals surface area contributed by atoms with E-state index in [0.29, 0.717) is 11.4 Å². The minimum absolute atomic E-state index is 0.279. The molecule has 1 amide bonds. The zero-order valence-electron chi connectivity index (χ0n) is 8.71. The van der Waals surface area contributed by atoms with Crippen LogP contribution in [-0.4, -0.2) is 20.9 Å². The number of nitrogens with zero attached hydrogens (tertiary/aromatic N) is 3. The molecule has 2 aromatic heterocycles. The molecule has 5 heteroatoms. The van der Waals surface area contributed by atoms with Gasteiger partial charge in [-0.2, -0.15) is 0 Å². The molecule has 2 rings (SSSR count). The van der Waals surface area contributed by atoms with Gasteiger partial charge in [-0.25, -0.2) is 4.98 Å². The topological polar surface area (TPSA) is 67.8 Å². The van der Waals surface area contributed by atoms with E-state index in [2.05, 4.69) is 20.3 Å². The number of hydrogen-bond acceptors (Lipinski definition) is 4.